The SMILES string of the molecule is C.C.C.C.CCCCCCC(CC(=O)Nc1ccc(OC)cc1S(=O)(=O)O)(OC)C(C)=O.CCCCCCC(OC)C(C)=O.F. The number of carbonyl (C=O) groups excluding carboxylic acids is 3. The Hall–Kier alpha value is -2.41. The van der Waals surface area contributed by atoms with E-state index < -0.39 is 26.5 Å². The first-order valence-corrected chi connectivity index (χ1v) is 15.3. The zero-order valence-electron chi connectivity index (χ0n) is 25.6. The van der Waals surface area contributed by atoms with Gasteiger partial charge in [0.1, 0.15) is 22.4 Å². The second-order valence-corrected chi connectivity index (χ2v) is 11.2. The van der Waals surface area contributed by atoms with Crippen molar-refractivity contribution in [3.63, 3.8) is 0 Å². The second kappa shape index (κ2) is 29.0. The quantitative estimate of drug-likeness (QED) is 0.109. The third-order valence-electron chi connectivity index (χ3n) is 6.71. The number of carbonyl (C=O) groups is 3. The Kier molecular flexibility index (Phi) is 35.5. The Morgan fingerprint density at radius 3 is 1.82 bits per heavy atom. The molecule has 2 N–H and O–H groups in total. The highest BCUT2D eigenvalue weighted by Crippen LogP contribution is 2.29. The Labute approximate surface area is 274 Å². The monoisotopic (exact) mass is 671 g/mol. The molecule has 0 fully saturated rings. The van der Waals surface area contributed by atoms with Crippen molar-refractivity contribution < 1.29 is 46.3 Å². The van der Waals surface area contributed by atoms with Crippen LogP contribution in [-0.4, -0.2) is 63.5 Å². The molecule has 1 aromatic rings. The molecule has 0 heterocycles. The minimum Gasteiger partial charge on any atom is -0.497 e. The van der Waals surface area contributed by atoms with Crippen LogP contribution in [0.5, 0.6) is 5.75 Å². The molecule has 1 aromatic carbocycles. The van der Waals surface area contributed by atoms with Gasteiger partial charge in [-0.1, -0.05) is 94.9 Å². The summed E-state index contributed by atoms with van der Waals surface area (Å²) < 4.78 is 48.1. The van der Waals surface area contributed by atoms with Crippen molar-refractivity contribution in [1.29, 1.82) is 0 Å². The van der Waals surface area contributed by atoms with E-state index in [1.807, 2.05) is 0 Å². The molecule has 0 bridgehead atoms. The standard InChI is InChI=1S/C19H29NO7S.C10H20O2.4CH4.FH/c1-5-6-7-8-11-19(27-4,14(2)21)13-18(22)20-16-10-9-15(26-3)12-17(16)28(23,24)25;1-4-5-6-7-8-10(12-3)9(2)11;;;;;/h9-10,12H,5-8,11,13H2,1-4H3,(H,20,22)(H,23,24,25);10H,4-8H2,1-3H3;4*1H4;1H. The first-order chi connectivity index (χ1) is 18.8. The number of ether oxygens (including phenoxy) is 3. The van der Waals surface area contributed by atoms with Crippen LogP contribution in [0.25, 0.3) is 0 Å². The van der Waals surface area contributed by atoms with E-state index in [4.69, 9.17) is 14.2 Å². The highest BCUT2D eigenvalue weighted by molar-refractivity contribution is 7.86. The first kappa shape index (κ1) is 55.0. The lowest BCUT2D eigenvalue weighted by Crippen LogP contribution is -2.42. The van der Waals surface area contributed by atoms with Crippen LogP contribution < -0.4 is 10.1 Å². The van der Waals surface area contributed by atoms with Gasteiger partial charge in [0.15, 0.2) is 11.6 Å². The van der Waals surface area contributed by atoms with Gasteiger partial charge in [-0.05, 0) is 38.8 Å². The Morgan fingerprint density at radius 1 is 0.889 bits per heavy atom. The van der Waals surface area contributed by atoms with Crippen LogP contribution in [0.1, 0.15) is 128 Å². The molecule has 0 saturated carbocycles. The molecule has 2 atom stereocenters. The molecule has 0 aliphatic carbocycles. The molecule has 270 valence electrons. The van der Waals surface area contributed by atoms with Gasteiger partial charge in [-0.3, -0.25) is 23.6 Å². The fraction of sp³-hybridized carbons (Fsp3) is 0.727. The van der Waals surface area contributed by atoms with Gasteiger partial charge in [0.2, 0.25) is 5.91 Å². The normalized spacial score (nSPS) is 11.9. The van der Waals surface area contributed by atoms with Gasteiger partial charge in [-0.15, -0.1) is 0 Å². The molecule has 1 amide bonds. The summed E-state index contributed by atoms with van der Waals surface area (Å²) in [6.07, 6.45) is 9.36. The van der Waals surface area contributed by atoms with Crippen LogP contribution >= 0.6 is 0 Å². The number of halogens is 1. The van der Waals surface area contributed by atoms with Gasteiger partial charge in [0.05, 0.1) is 19.2 Å². The second-order valence-electron chi connectivity index (χ2n) is 9.81. The molecular formula is C33H66FNO9S. The van der Waals surface area contributed by atoms with Crippen LogP contribution in [0.3, 0.4) is 0 Å². The molecule has 0 spiro atoms. The summed E-state index contributed by atoms with van der Waals surface area (Å²) in [5, 5.41) is 2.45. The third-order valence-corrected chi connectivity index (χ3v) is 7.60. The van der Waals surface area contributed by atoms with Gasteiger partial charge in [0, 0.05) is 20.3 Å². The topological polar surface area (TPSA) is 145 Å². The van der Waals surface area contributed by atoms with Crippen molar-refractivity contribution in [2.45, 2.75) is 145 Å². The van der Waals surface area contributed by atoms with Crippen LogP contribution in [0, 0.1) is 0 Å². The molecule has 0 aromatic heterocycles. The lowest BCUT2D eigenvalue weighted by atomic mass is 9.88. The Morgan fingerprint density at radius 2 is 1.42 bits per heavy atom. The largest absolute Gasteiger partial charge is 0.497 e. The molecule has 0 aliphatic heterocycles. The maximum Gasteiger partial charge on any atom is 0.296 e. The fourth-order valence-electron chi connectivity index (χ4n) is 4.19. The molecule has 12 heteroatoms. The average Bonchev–Trinajstić information content (AvgIpc) is 2.90. The van der Waals surface area contributed by atoms with Gasteiger partial charge < -0.3 is 19.5 Å². The van der Waals surface area contributed by atoms with E-state index in [1.54, 1.807) is 14.0 Å². The third kappa shape index (κ3) is 21.1. The van der Waals surface area contributed by atoms with Gasteiger partial charge >= 0.3 is 0 Å². The number of rotatable bonds is 19. The number of ketones is 2. The van der Waals surface area contributed by atoms with Crippen LogP contribution in [0.4, 0.5) is 10.4 Å². The number of unbranched alkanes of at least 4 members (excludes halogenated alkanes) is 6. The minimum absolute atomic E-state index is 0. The smallest absolute Gasteiger partial charge is 0.296 e. The lowest BCUT2D eigenvalue weighted by molar-refractivity contribution is -0.145. The number of nitrogens with one attached hydrogen (secondary N) is 1. The average molecular weight is 672 g/mol. The predicted molar refractivity (Wildman–Crippen MR) is 185 cm³/mol. The maximum absolute atomic E-state index is 12.6. The molecular weight excluding hydrogens is 605 g/mol. The highest BCUT2D eigenvalue weighted by Gasteiger charge is 2.37. The van der Waals surface area contributed by atoms with Crippen molar-refractivity contribution in [1.82, 2.24) is 0 Å². The molecule has 45 heavy (non-hydrogen) atoms. The van der Waals surface area contributed by atoms with Crippen molar-refractivity contribution >= 4 is 33.3 Å². The van der Waals surface area contributed by atoms with Crippen molar-refractivity contribution in [3.8, 4) is 5.75 Å². The van der Waals surface area contributed by atoms with Crippen molar-refractivity contribution in [3.05, 3.63) is 18.2 Å². The van der Waals surface area contributed by atoms with Crippen LogP contribution in [0.2, 0.25) is 0 Å². The number of hydrogen-bond donors (Lipinski definition) is 2. The van der Waals surface area contributed by atoms with E-state index in [0.29, 0.717) is 6.42 Å². The van der Waals surface area contributed by atoms with E-state index in [1.165, 1.54) is 52.5 Å². The summed E-state index contributed by atoms with van der Waals surface area (Å²) in [4.78, 5) is 35.2. The molecule has 0 radical (unpaired) electrons. The summed E-state index contributed by atoms with van der Waals surface area (Å²) in [5.74, 6) is -0.514. The summed E-state index contributed by atoms with van der Waals surface area (Å²) in [6, 6.07) is 3.86. The maximum atomic E-state index is 12.6. The van der Waals surface area contributed by atoms with Gasteiger partial charge in [-0.2, -0.15) is 8.42 Å². The molecule has 0 saturated heterocycles. The number of Topliss-reactive ketones (excluding diaryl/α,β-unsaturated/α-hetero) is 2. The number of amides is 1. The molecule has 10 nitrogen and oxygen atoms in total. The van der Waals surface area contributed by atoms with Crippen LogP contribution in [0.15, 0.2) is 23.1 Å². The van der Waals surface area contributed by atoms with Crippen molar-refractivity contribution in [2.75, 3.05) is 26.6 Å². The fourth-order valence-corrected chi connectivity index (χ4v) is 4.85. The molecule has 2 unspecified atom stereocenters. The molecule has 1 rings (SSSR count). The zero-order chi connectivity index (χ0) is 30.8. The molecule has 0 aliphatic rings. The van der Waals surface area contributed by atoms with Gasteiger partial charge in [0.25, 0.3) is 10.1 Å². The summed E-state index contributed by atoms with van der Waals surface area (Å²) in [5.41, 5.74) is -1.38. The number of hydrogen-bond acceptors (Lipinski definition) is 8. The van der Waals surface area contributed by atoms with Crippen molar-refractivity contribution in [2.24, 2.45) is 0 Å². The lowest BCUT2D eigenvalue weighted by Gasteiger charge is -2.29. The highest BCUT2D eigenvalue weighted by atomic mass is 32.2. The van der Waals surface area contributed by atoms with Crippen LogP contribution in [-0.2, 0) is 34.0 Å². The number of anilines is 1. The minimum atomic E-state index is -4.59. The predicted octanol–water partition coefficient (Wildman–Crippen LogP) is 8.47. The number of benzene rings is 1. The van der Waals surface area contributed by atoms with E-state index in [9.17, 15) is 27.4 Å². The number of methoxy groups -OCH3 is 3. The first-order valence-electron chi connectivity index (χ1n) is 13.9. The summed E-state index contributed by atoms with van der Waals surface area (Å²) >= 11 is 0. The summed E-state index contributed by atoms with van der Waals surface area (Å²) in [6.45, 7) is 7.21. The van der Waals surface area contributed by atoms with E-state index in [0.717, 1.165) is 44.6 Å². The zero-order valence-corrected chi connectivity index (χ0v) is 26.4. The van der Waals surface area contributed by atoms with Gasteiger partial charge in [-0.25, -0.2) is 0 Å². The Balaban J connectivity index is -0.000000193. The van der Waals surface area contributed by atoms with E-state index in [2.05, 4.69) is 19.2 Å². The van der Waals surface area contributed by atoms with E-state index in [-0.39, 0.29) is 69.9 Å². The summed E-state index contributed by atoms with van der Waals surface area (Å²) in [7, 11) is -0.260. The Bertz CT molecular complexity index is 1040. The van der Waals surface area contributed by atoms with E-state index >= 15 is 0 Å².